The van der Waals surface area contributed by atoms with Gasteiger partial charge in [0.15, 0.2) is 11.6 Å². The number of nitrogens with one attached hydrogen (secondary N) is 1. The Hall–Kier alpha value is -2.27. The molecule has 2 aliphatic rings. The molecule has 2 atom stereocenters. The van der Waals surface area contributed by atoms with E-state index in [-0.39, 0.29) is 17.5 Å². The first-order valence-corrected chi connectivity index (χ1v) is 10.2. The zero-order valence-corrected chi connectivity index (χ0v) is 16.6. The largest absolute Gasteiger partial charge is 0.362 e. The Morgan fingerprint density at radius 1 is 1.25 bits per heavy atom. The fraction of sp³-hybridized carbons (Fsp3) is 0.478. The second kappa shape index (κ2) is 7.63. The average Bonchev–Trinajstić information content (AvgIpc) is 2.96. The summed E-state index contributed by atoms with van der Waals surface area (Å²) in [5.41, 5.74) is 4.81. The number of hydrogen-bond donors (Lipinski definition) is 1. The van der Waals surface area contributed by atoms with E-state index in [1.807, 2.05) is 13.8 Å². The summed E-state index contributed by atoms with van der Waals surface area (Å²) in [5, 5.41) is 0. The predicted molar refractivity (Wildman–Crippen MR) is 106 cm³/mol. The quantitative estimate of drug-likeness (QED) is 0.792. The number of Topliss-reactive ketones (excluding diaryl/α,β-unsaturated/α-hetero) is 2. The van der Waals surface area contributed by atoms with Gasteiger partial charge in [0.05, 0.1) is 0 Å². The van der Waals surface area contributed by atoms with Crippen LogP contribution >= 0.6 is 0 Å². The molecule has 1 aliphatic heterocycles. The minimum atomic E-state index is -0.326. The van der Waals surface area contributed by atoms with Gasteiger partial charge in [-0.25, -0.2) is 4.39 Å². The molecule has 0 radical (unpaired) electrons. The summed E-state index contributed by atoms with van der Waals surface area (Å²) < 4.78 is 13.0. The van der Waals surface area contributed by atoms with Crippen molar-refractivity contribution in [1.29, 1.82) is 0 Å². The lowest BCUT2D eigenvalue weighted by molar-refractivity contribution is 0.0653. The number of carbonyl (C=O) groups excluding carboxylic acids is 2. The number of carbonyl (C=O) groups is 2. The molecule has 2 aromatic rings. The Morgan fingerprint density at radius 2 is 2.00 bits per heavy atom. The van der Waals surface area contributed by atoms with E-state index in [1.165, 1.54) is 12.1 Å². The van der Waals surface area contributed by atoms with Crippen LogP contribution in [0.4, 0.5) is 4.39 Å². The van der Waals surface area contributed by atoms with Crippen molar-refractivity contribution in [2.75, 3.05) is 19.6 Å². The number of aryl methyl sites for hydroxylation is 1. The summed E-state index contributed by atoms with van der Waals surface area (Å²) in [6, 6.07) is 5.74. The maximum absolute atomic E-state index is 13.1. The second-order valence-electron chi connectivity index (χ2n) is 8.29. The number of rotatable bonds is 5. The van der Waals surface area contributed by atoms with Crippen molar-refractivity contribution in [1.82, 2.24) is 9.88 Å². The van der Waals surface area contributed by atoms with E-state index in [9.17, 15) is 14.0 Å². The topological polar surface area (TPSA) is 53.2 Å². The van der Waals surface area contributed by atoms with E-state index in [1.54, 1.807) is 12.1 Å². The number of ketones is 2. The van der Waals surface area contributed by atoms with Crippen molar-refractivity contribution < 1.29 is 14.0 Å². The van der Waals surface area contributed by atoms with E-state index >= 15 is 0 Å². The highest BCUT2D eigenvalue weighted by atomic mass is 19.1. The van der Waals surface area contributed by atoms with E-state index in [0.29, 0.717) is 23.7 Å². The summed E-state index contributed by atoms with van der Waals surface area (Å²) in [4.78, 5) is 31.1. The van der Waals surface area contributed by atoms with Gasteiger partial charge in [-0.15, -0.1) is 0 Å². The fourth-order valence-corrected chi connectivity index (χ4v) is 4.79. The van der Waals surface area contributed by atoms with Gasteiger partial charge in [0.2, 0.25) is 0 Å². The number of benzene rings is 1. The Bertz CT molecular complexity index is 900. The van der Waals surface area contributed by atoms with Crippen LogP contribution in [0.2, 0.25) is 0 Å². The number of H-pyrrole nitrogens is 1. The normalized spacial score (nSPS) is 22.0. The Balaban J connectivity index is 1.34. The van der Waals surface area contributed by atoms with Gasteiger partial charge >= 0.3 is 0 Å². The molecule has 1 fully saturated rings. The number of aromatic nitrogens is 1. The molecule has 0 unspecified atom stereocenters. The van der Waals surface area contributed by atoms with Crippen LogP contribution in [0.25, 0.3) is 0 Å². The number of halogens is 1. The Kier molecular flexibility index (Phi) is 5.19. The molecule has 1 aromatic heterocycles. The van der Waals surface area contributed by atoms with Gasteiger partial charge < -0.3 is 9.88 Å². The van der Waals surface area contributed by atoms with Crippen molar-refractivity contribution in [3.63, 3.8) is 0 Å². The molecule has 5 heteroatoms. The van der Waals surface area contributed by atoms with Crippen LogP contribution in [0.5, 0.6) is 0 Å². The maximum Gasteiger partial charge on any atom is 0.169 e. The van der Waals surface area contributed by atoms with Crippen molar-refractivity contribution in [2.24, 2.45) is 11.8 Å². The molecule has 2 heterocycles. The van der Waals surface area contributed by atoms with Gasteiger partial charge in [-0.1, -0.05) is 0 Å². The van der Waals surface area contributed by atoms with Crippen molar-refractivity contribution in [3.05, 3.63) is 58.2 Å². The molecule has 1 saturated heterocycles. The molecule has 0 amide bonds. The second-order valence-corrected chi connectivity index (χ2v) is 8.29. The van der Waals surface area contributed by atoms with E-state index in [0.717, 1.165) is 61.4 Å². The summed E-state index contributed by atoms with van der Waals surface area (Å²) in [6.45, 7) is 6.66. The van der Waals surface area contributed by atoms with Gasteiger partial charge in [-0.2, -0.15) is 0 Å². The third-order valence-corrected chi connectivity index (χ3v) is 6.51. The Labute approximate surface area is 165 Å². The van der Waals surface area contributed by atoms with Gasteiger partial charge in [0.1, 0.15) is 5.82 Å². The van der Waals surface area contributed by atoms with Crippen LogP contribution in [-0.4, -0.2) is 41.1 Å². The van der Waals surface area contributed by atoms with Crippen molar-refractivity contribution in [2.45, 2.75) is 39.5 Å². The summed E-state index contributed by atoms with van der Waals surface area (Å²) in [5.74, 6) is 0.511. The van der Waals surface area contributed by atoms with Crippen LogP contribution in [-0.2, 0) is 6.42 Å². The number of aromatic amines is 1. The molecule has 1 N–H and O–H groups in total. The number of hydrogen-bond acceptors (Lipinski definition) is 3. The van der Waals surface area contributed by atoms with E-state index < -0.39 is 0 Å². The van der Waals surface area contributed by atoms with E-state index in [4.69, 9.17) is 0 Å². The molecule has 0 saturated carbocycles. The minimum absolute atomic E-state index is 0.0479. The first kappa shape index (κ1) is 19.1. The maximum atomic E-state index is 13.1. The summed E-state index contributed by atoms with van der Waals surface area (Å²) in [7, 11) is 0. The highest BCUT2D eigenvalue weighted by Crippen LogP contribution is 2.37. The van der Waals surface area contributed by atoms with Crippen LogP contribution in [0, 0.1) is 31.5 Å². The lowest BCUT2D eigenvalue weighted by Crippen LogP contribution is -2.47. The van der Waals surface area contributed by atoms with Gasteiger partial charge in [0.25, 0.3) is 0 Å². The number of fused-ring (bicyclic) bond motifs is 2. The Morgan fingerprint density at radius 3 is 2.75 bits per heavy atom. The third kappa shape index (κ3) is 3.55. The minimum Gasteiger partial charge on any atom is -0.362 e. The molecular formula is C23H27FN2O2. The monoisotopic (exact) mass is 382 g/mol. The molecule has 4 rings (SSSR count). The van der Waals surface area contributed by atoms with Gasteiger partial charge in [-0.05, 0) is 81.9 Å². The lowest BCUT2D eigenvalue weighted by atomic mass is 9.73. The SMILES string of the molecule is Cc1[nH]c2c(c1C)C(=O)[C@@H]1CN(CCCC(=O)c3ccc(F)cc3)CC[C@H]1C2. The number of piperidine rings is 1. The highest BCUT2D eigenvalue weighted by Gasteiger charge is 2.40. The summed E-state index contributed by atoms with van der Waals surface area (Å²) in [6.07, 6.45) is 3.20. The smallest absolute Gasteiger partial charge is 0.169 e. The number of likely N-dealkylation sites (tertiary alicyclic amines) is 1. The molecule has 148 valence electrons. The molecule has 0 bridgehead atoms. The van der Waals surface area contributed by atoms with Crippen molar-refractivity contribution >= 4 is 11.6 Å². The molecule has 0 spiro atoms. The molecule has 4 nitrogen and oxygen atoms in total. The zero-order valence-electron chi connectivity index (χ0n) is 16.6. The zero-order chi connectivity index (χ0) is 19.8. The first-order valence-electron chi connectivity index (χ1n) is 10.2. The van der Waals surface area contributed by atoms with Gasteiger partial charge in [0, 0.05) is 41.4 Å². The summed E-state index contributed by atoms with van der Waals surface area (Å²) >= 11 is 0. The van der Waals surface area contributed by atoms with Crippen LogP contribution in [0.15, 0.2) is 24.3 Å². The number of nitrogens with zero attached hydrogens (tertiary/aromatic N) is 1. The predicted octanol–water partition coefficient (Wildman–Crippen LogP) is 4.11. The van der Waals surface area contributed by atoms with Crippen molar-refractivity contribution in [3.8, 4) is 0 Å². The van der Waals surface area contributed by atoms with Crippen LogP contribution < -0.4 is 0 Å². The standard InChI is InChI=1S/C23H27FN2O2/c1-14-15(2)25-20-12-17-9-11-26(13-19(17)23(28)22(14)20)10-3-4-21(27)16-5-7-18(24)8-6-16/h5-8,17,19,25H,3-4,9-13H2,1-2H3/t17-,19+/m0/s1. The average molecular weight is 382 g/mol. The molecule has 28 heavy (non-hydrogen) atoms. The highest BCUT2D eigenvalue weighted by molar-refractivity contribution is 6.02. The first-order chi connectivity index (χ1) is 13.4. The lowest BCUT2D eigenvalue weighted by Gasteiger charge is -2.40. The molecule has 1 aliphatic carbocycles. The third-order valence-electron chi connectivity index (χ3n) is 6.51. The van der Waals surface area contributed by atoms with Gasteiger partial charge in [-0.3, -0.25) is 9.59 Å². The van der Waals surface area contributed by atoms with Crippen LogP contribution in [0.3, 0.4) is 0 Å². The van der Waals surface area contributed by atoms with Crippen LogP contribution in [0.1, 0.15) is 56.9 Å². The molecular weight excluding hydrogens is 355 g/mol. The van der Waals surface area contributed by atoms with E-state index in [2.05, 4.69) is 9.88 Å². The molecule has 1 aromatic carbocycles. The fourth-order valence-electron chi connectivity index (χ4n) is 4.79.